The zero-order chi connectivity index (χ0) is 72.1. The summed E-state index contributed by atoms with van der Waals surface area (Å²) in [6.45, 7) is 36.7. The Morgan fingerprint density at radius 3 is 0.990 bits per heavy atom. The average molecular weight is 1380 g/mol. The Bertz CT molecular complexity index is 2560. The van der Waals surface area contributed by atoms with Gasteiger partial charge in [-0.1, -0.05) is 242 Å². The Hall–Kier alpha value is -4.08. The average Bonchev–Trinajstić information content (AvgIpc) is 0.767. The van der Waals surface area contributed by atoms with Crippen molar-refractivity contribution >= 4 is 23.9 Å². The van der Waals surface area contributed by atoms with Gasteiger partial charge in [-0.2, -0.15) is 0 Å². The van der Waals surface area contributed by atoms with Crippen molar-refractivity contribution in [3.8, 4) is 23.0 Å². The number of fused-ring (bicyclic) bond motifs is 2. The second-order valence-corrected chi connectivity index (χ2v) is 34.9. The van der Waals surface area contributed by atoms with Crippen LogP contribution in [0.4, 0.5) is 0 Å². The van der Waals surface area contributed by atoms with E-state index in [-0.39, 0.29) is 48.8 Å². The van der Waals surface area contributed by atoms with Crippen LogP contribution in [0.2, 0.25) is 0 Å². The first-order valence-corrected chi connectivity index (χ1v) is 41.6. The van der Waals surface area contributed by atoms with Crippen LogP contribution < -0.4 is 18.9 Å². The van der Waals surface area contributed by atoms with Gasteiger partial charge in [0.05, 0.1) is 38.9 Å². The predicted molar refractivity (Wildman–Crippen MR) is 410 cm³/mol. The lowest BCUT2D eigenvalue weighted by molar-refractivity contribution is -0.147. The lowest BCUT2D eigenvalue weighted by atomic mass is 9.78. The number of hydrogen-bond acceptors (Lipinski definition) is 10. The Balaban J connectivity index is 0.733. The van der Waals surface area contributed by atoms with Gasteiger partial charge in [-0.15, -0.1) is 0 Å². The van der Waals surface area contributed by atoms with Crippen LogP contribution in [0.25, 0.3) is 0 Å². The molecule has 2 aromatic carbocycles. The van der Waals surface area contributed by atoms with Gasteiger partial charge in [-0.05, 0) is 212 Å². The fourth-order valence-corrected chi connectivity index (χ4v) is 17.4. The normalized spacial score (nSPS) is 22.0. The van der Waals surface area contributed by atoms with Crippen molar-refractivity contribution in [1.29, 1.82) is 0 Å². The van der Waals surface area contributed by atoms with Crippen LogP contribution in [0.5, 0.6) is 23.0 Å². The van der Waals surface area contributed by atoms with E-state index in [2.05, 4.69) is 83.1 Å². The van der Waals surface area contributed by atoms with E-state index in [1.165, 1.54) is 199 Å². The molecule has 2 saturated carbocycles. The highest BCUT2D eigenvalue weighted by Gasteiger charge is 2.37. The number of esters is 4. The Kier molecular flexibility index (Phi) is 36.6. The zero-order valence-electron chi connectivity index (χ0n) is 66.7. The third kappa shape index (κ3) is 29.5. The van der Waals surface area contributed by atoms with Gasteiger partial charge in [0.2, 0.25) is 0 Å². The van der Waals surface area contributed by atoms with Crippen LogP contribution in [0.15, 0.2) is 0 Å². The molecule has 0 bridgehead atoms. The molecule has 0 spiro atoms. The number of hydrogen-bond donors (Lipinski definition) is 0. The molecule has 2 heterocycles. The molecule has 0 saturated heterocycles. The van der Waals surface area contributed by atoms with Gasteiger partial charge in [0, 0.05) is 11.1 Å². The quantitative estimate of drug-likeness (QED) is 0.0360. The van der Waals surface area contributed by atoms with E-state index in [1.54, 1.807) is 0 Å². The molecule has 0 N–H and O–H groups in total. The van der Waals surface area contributed by atoms with E-state index in [0.29, 0.717) is 36.5 Å². The first-order valence-electron chi connectivity index (χ1n) is 41.6. The van der Waals surface area contributed by atoms with Crippen molar-refractivity contribution in [3.63, 3.8) is 0 Å². The minimum atomic E-state index is -0.392. The van der Waals surface area contributed by atoms with Crippen LogP contribution in [0.3, 0.4) is 0 Å². The Morgan fingerprint density at radius 1 is 0.364 bits per heavy atom. The zero-order valence-corrected chi connectivity index (χ0v) is 66.7. The van der Waals surface area contributed by atoms with Crippen molar-refractivity contribution < 1.29 is 47.6 Å². The molecule has 0 radical (unpaired) electrons. The third-order valence-electron chi connectivity index (χ3n) is 24.9. The molecule has 0 amide bonds. The highest BCUT2D eigenvalue weighted by molar-refractivity contribution is 5.81. The minimum absolute atomic E-state index is 0.00582. The molecule has 99 heavy (non-hydrogen) atoms. The Labute approximate surface area is 606 Å². The van der Waals surface area contributed by atoms with Crippen molar-refractivity contribution in [2.24, 2.45) is 59.2 Å². The third-order valence-corrected chi connectivity index (χ3v) is 24.9. The summed E-state index contributed by atoms with van der Waals surface area (Å²) in [6, 6.07) is 0. The highest BCUT2D eigenvalue weighted by atomic mass is 16.6. The molecule has 0 aromatic heterocycles. The topological polar surface area (TPSA) is 124 Å². The summed E-state index contributed by atoms with van der Waals surface area (Å²) in [5.74, 6) is 9.38. The minimum Gasteiger partial charge on any atom is -0.487 e. The van der Waals surface area contributed by atoms with Gasteiger partial charge in [0.15, 0.2) is 0 Å². The summed E-state index contributed by atoms with van der Waals surface area (Å²) < 4.78 is 37.1. The number of rotatable bonds is 46. The second kappa shape index (κ2) is 43.3. The number of benzene rings is 2. The number of carbonyl (C=O) groups excluding carboxylic acids is 4. The molecule has 4 aliphatic rings. The number of carbonyl (C=O) groups is 4. The van der Waals surface area contributed by atoms with E-state index in [1.807, 2.05) is 27.7 Å². The molecule has 2 aromatic rings. The second-order valence-electron chi connectivity index (χ2n) is 34.9. The van der Waals surface area contributed by atoms with E-state index >= 15 is 0 Å². The fourth-order valence-electron chi connectivity index (χ4n) is 17.4. The maximum atomic E-state index is 13.2. The fraction of sp³-hybridized carbons (Fsp3) is 0.820. The first-order chi connectivity index (χ1) is 47.2. The summed E-state index contributed by atoms with van der Waals surface area (Å²) in [6.07, 6.45) is 48.0. The largest absolute Gasteiger partial charge is 0.487 e. The number of ether oxygens (including phenoxy) is 6. The maximum absolute atomic E-state index is 13.2. The Morgan fingerprint density at radius 2 is 0.657 bits per heavy atom. The summed E-state index contributed by atoms with van der Waals surface area (Å²) in [5.41, 5.74) is 7.79. The monoisotopic (exact) mass is 1380 g/mol. The van der Waals surface area contributed by atoms with Crippen molar-refractivity contribution in [2.75, 3.05) is 13.2 Å². The molecular weight excluding hydrogens is 1230 g/mol. The molecule has 6 unspecified atom stereocenters. The smallest absolute Gasteiger partial charge is 0.311 e. The molecule has 6 rings (SSSR count). The summed E-state index contributed by atoms with van der Waals surface area (Å²) in [5, 5.41) is 0. The van der Waals surface area contributed by atoms with Gasteiger partial charge < -0.3 is 28.4 Å². The molecule has 6 atom stereocenters. The van der Waals surface area contributed by atoms with Gasteiger partial charge in [-0.25, -0.2) is 0 Å². The lowest BCUT2D eigenvalue weighted by Gasteiger charge is -2.38. The molecule has 2 aliphatic carbocycles. The highest BCUT2D eigenvalue weighted by Crippen LogP contribution is 2.48. The van der Waals surface area contributed by atoms with Crippen molar-refractivity contribution in [2.45, 2.75) is 398 Å². The molecule has 2 aliphatic heterocycles. The van der Waals surface area contributed by atoms with Crippen LogP contribution >= 0.6 is 0 Å². The SMILES string of the molecule is Cc1c(C)c2c(c(C)c1OC(=O)CCC(=O)OCCC1CCC(CCCCCCCC3CCC(CCOC(=O)CCC(=O)Oc4c(C)c(C)c5c(c4C)CCC(C)(CCCC(C)CCCC(C)CCCC(C)C)O5)CC3)CC1)CCC(C)(CCCC(C)CCCC(C)CCCC(C)C)O2. The van der Waals surface area contributed by atoms with Crippen LogP contribution in [0.1, 0.15) is 377 Å². The maximum Gasteiger partial charge on any atom is 0.311 e. The van der Waals surface area contributed by atoms with Crippen LogP contribution in [-0.4, -0.2) is 48.3 Å². The van der Waals surface area contributed by atoms with E-state index in [4.69, 9.17) is 28.4 Å². The van der Waals surface area contributed by atoms with Gasteiger partial charge in [0.1, 0.15) is 34.2 Å². The summed E-state index contributed by atoms with van der Waals surface area (Å²) >= 11 is 0. The van der Waals surface area contributed by atoms with Crippen molar-refractivity contribution in [1.82, 2.24) is 0 Å². The first kappa shape index (κ1) is 83.9. The van der Waals surface area contributed by atoms with Crippen molar-refractivity contribution in [3.05, 3.63) is 44.5 Å². The standard InChI is InChI=1S/C89H148O10/c1-62(2)28-22-30-64(5)32-24-34-66(7)36-26-56-88(15)58-52-78-72(13)84(68(9)70(11)86(78)98-88)96-82(92)50-48-80(90)94-60-54-76-44-40-74(41-45-76)38-20-18-17-19-21-39-75-42-46-77(47-43-75)55-61-95-81(91)49-51-83(93)97-85-69(10)71(12)87-79(73(85)14)53-59-89(16,99-87)57-27-37-67(8)35-25-33-65(6)31-23-29-63(3)4/h62-67,74-77H,17-61H2,1-16H3. The van der Waals surface area contributed by atoms with Crippen LogP contribution in [0, 0.1) is 101 Å². The van der Waals surface area contributed by atoms with E-state index in [0.717, 1.165) is 155 Å². The summed E-state index contributed by atoms with van der Waals surface area (Å²) in [4.78, 5) is 52.0. The molecular formula is C89H148O10. The molecule has 2 fully saturated rings. The van der Waals surface area contributed by atoms with E-state index in [9.17, 15) is 19.2 Å². The molecule has 564 valence electrons. The van der Waals surface area contributed by atoms with Crippen LogP contribution in [-0.2, 0) is 41.5 Å². The molecule has 10 nitrogen and oxygen atoms in total. The van der Waals surface area contributed by atoms with Gasteiger partial charge in [0.25, 0.3) is 0 Å². The lowest BCUT2D eigenvalue weighted by Crippen LogP contribution is -2.37. The van der Waals surface area contributed by atoms with E-state index < -0.39 is 11.9 Å². The predicted octanol–water partition coefficient (Wildman–Crippen LogP) is 24.9. The summed E-state index contributed by atoms with van der Waals surface area (Å²) in [7, 11) is 0. The van der Waals surface area contributed by atoms with Gasteiger partial charge in [-0.3, -0.25) is 19.2 Å². The van der Waals surface area contributed by atoms with Gasteiger partial charge >= 0.3 is 23.9 Å². The number of unbranched alkanes of at least 4 members (excludes halogenated alkanes) is 4. The molecule has 10 heteroatoms.